The van der Waals surface area contributed by atoms with Crippen molar-refractivity contribution in [1.29, 1.82) is 5.26 Å². The van der Waals surface area contributed by atoms with Crippen LogP contribution in [0, 0.1) is 11.3 Å². The van der Waals surface area contributed by atoms with Crippen LogP contribution in [-0.4, -0.2) is 54.7 Å². The van der Waals surface area contributed by atoms with Gasteiger partial charge in [-0.15, -0.1) is 0 Å². The van der Waals surface area contributed by atoms with Crippen molar-refractivity contribution in [2.45, 2.75) is 38.0 Å². The van der Waals surface area contributed by atoms with Crippen molar-refractivity contribution >= 4 is 0 Å². The highest BCUT2D eigenvalue weighted by Crippen LogP contribution is 2.40. The third-order valence-electron chi connectivity index (χ3n) is 6.91. The van der Waals surface area contributed by atoms with Gasteiger partial charge in [0.05, 0.1) is 12.6 Å². The van der Waals surface area contributed by atoms with Gasteiger partial charge in [-0.3, -0.25) is 4.90 Å². The fourth-order valence-electron chi connectivity index (χ4n) is 5.32. The van der Waals surface area contributed by atoms with Gasteiger partial charge in [-0.05, 0) is 37.0 Å². The van der Waals surface area contributed by atoms with E-state index in [9.17, 15) is 0 Å². The third kappa shape index (κ3) is 5.23. The van der Waals surface area contributed by atoms with E-state index in [4.69, 9.17) is 10.00 Å². The predicted octanol–water partition coefficient (Wildman–Crippen LogP) is 5.30. The summed E-state index contributed by atoms with van der Waals surface area (Å²) in [6, 6.07) is 34.8. The molecule has 1 fully saturated rings. The first kappa shape index (κ1) is 24.2. The highest BCUT2D eigenvalue weighted by molar-refractivity contribution is 5.47. The van der Waals surface area contributed by atoms with Crippen LogP contribution < -0.4 is 0 Å². The van der Waals surface area contributed by atoms with E-state index in [1.165, 1.54) is 0 Å². The van der Waals surface area contributed by atoms with Gasteiger partial charge in [-0.1, -0.05) is 91.0 Å². The molecule has 0 bridgehead atoms. The Hall–Kier alpha value is -2.97. The van der Waals surface area contributed by atoms with Crippen molar-refractivity contribution in [2.24, 2.45) is 0 Å². The van der Waals surface area contributed by atoms with Gasteiger partial charge in [0.25, 0.3) is 0 Å². The van der Waals surface area contributed by atoms with E-state index in [1.807, 2.05) is 0 Å². The van der Waals surface area contributed by atoms with Crippen molar-refractivity contribution in [3.8, 4) is 6.07 Å². The normalized spacial score (nSPS) is 19.6. The lowest BCUT2D eigenvalue weighted by Crippen LogP contribution is -2.56. The summed E-state index contributed by atoms with van der Waals surface area (Å²) in [4.78, 5) is 4.82. The minimum atomic E-state index is -0.657. The van der Waals surface area contributed by atoms with Crippen LogP contribution in [-0.2, 0) is 10.3 Å². The van der Waals surface area contributed by atoms with E-state index in [0.29, 0.717) is 25.2 Å². The summed E-state index contributed by atoms with van der Waals surface area (Å²) in [5.41, 5.74) is 2.76. The van der Waals surface area contributed by atoms with Crippen LogP contribution in [0.3, 0.4) is 0 Å². The molecule has 0 amide bonds. The summed E-state index contributed by atoms with van der Waals surface area (Å²) in [6.07, 6.45) is 0.950. The Morgan fingerprint density at radius 2 is 1.24 bits per heavy atom. The van der Waals surface area contributed by atoms with Gasteiger partial charge in [-0.25, -0.2) is 0 Å². The summed E-state index contributed by atoms with van der Waals surface area (Å²) < 4.78 is 6.91. The van der Waals surface area contributed by atoms with Crippen LogP contribution >= 0.6 is 0 Å². The standard InChI is InChI=1S/C30H35N3O/c1-25-23-32(24-26(2)33(25)21-19-31)20-12-22-34-30(27-13-6-3-7-14-27,28-15-8-4-9-16-28)29-17-10-5-11-18-29/h3-11,13-18,25-26H,12,20-24H2,1-2H3/t25-,26+. The summed E-state index contributed by atoms with van der Waals surface area (Å²) in [7, 11) is 0. The van der Waals surface area contributed by atoms with Crippen molar-refractivity contribution in [1.82, 2.24) is 9.80 Å². The molecule has 0 aliphatic carbocycles. The molecular formula is C30H35N3O. The molecule has 4 nitrogen and oxygen atoms in total. The number of piperazine rings is 1. The fourth-order valence-corrected chi connectivity index (χ4v) is 5.32. The first-order valence-corrected chi connectivity index (χ1v) is 12.3. The predicted molar refractivity (Wildman–Crippen MR) is 137 cm³/mol. The first-order valence-electron chi connectivity index (χ1n) is 12.3. The molecule has 3 aromatic rings. The van der Waals surface area contributed by atoms with Crippen molar-refractivity contribution in [2.75, 3.05) is 32.8 Å². The molecule has 0 unspecified atom stereocenters. The number of benzene rings is 3. The Bertz CT molecular complexity index is 940. The third-order valence-corrected chi connectivity index (χ3v) is 6.91. The van der Waals surface area contributed by atoms with E-state index in [0.717, 1.165) is 42.7 Å². The van der Waals surface area contributed by atoms with Gasteiger partial charge in [0.2, 0.25) is 0 Å². The van der Waals surface area contributed by atoms with E-state index >= 15 is 0 Å². The highest BCUT2D eigenvalue weighted by atomic mass is 16.5. The van der Waals surface area contributed by atoms with Crippen LogP contribution in [0.4, 0.5) is 0 Å². The molecular weight excluding hydrogens is 418 g/mol. The second kappa shape index (κ2) is 11.4. The average molecular weight is 454 g/mol. The molecule has 1 saturated heterocycles. The second-order valence-corrected chi connectivity index (χ2v) is 9.27. The zero-order valence-corrected chi connectivity index (χ0v) is 20.3. The van der Waals surface area contributed by atoms with Crippen LogP contribution in [0.2, 0.25) is 0 Å². The molecule has 2 atom stereocenters. The minimum Gasteiger partial charge on any atom is -0.361 e. The lowest BCUT2D eigenvalue weighted by molar-refractivity contribution is 0.000147. The fraction of sp³-hybridized carbons (Fsp3) is 0.367. The quantitative estimate of drug-likeness (QED) is 0.250. The van der Waals surface area contributed by atoms with Crippen molar-refractivity contribution in [3.63, 3.8) is 0 Å². The lowest BCUT2D eigenvalue weighted by atomic mass is 9.80. The maximum atomic E-state index is 9.13. The molecule has 34 heavy (non-hydrogen) atoms. The molecule has 0 N–H and O–H groups in total. The van der Waals surface area contributed by atoms with Crippen LogP contribution in [0.5, 0.6) is 0 Å². The van der Waals surface area contributed by atoms with E-state index in [-0.39, 0.29) is 0 Å². The van der Waals surface area contributed by atoms with Crippen LogP contribution in [0.15, 0.2) is 91.0 Å². The molecule has 1 aliphatic rings. The second-order valence-electron chi connectivity index (χ2n) is 9.27. The zero-order chi connectivity index (χ0) is 23.8. The first-order chi connectivity index (χ1) is 16.6. The Balaban J connectivity index is 1.53. The van der Waals surface area contributed by atoms with E-state index in [2.05, 4.69) is 121 Å². The van der Waals surface area contributed by atoms with Gasteiger partial charge in [-0.2, -0.15) is 5.26 Å². The molecule has 0 radical (unpaired) electrons. The molecule has 4 heteroatoms. The largest absolute Gasteiger partial charge is 0.361 e. The monoisotopic (exact) mass is 453 g/mol. The van der Waals surface area contributed by atoms with Gasteiger partial charge >= 0.3 is 0 Å². The lowest BCUT2D eigenvalue weighted by Gasteiger charge is -2.43. The molecule has 1 heterocycles. The molecule has 0 spiro atoms. The molecule has 176 valence electrons. The Morgan fingerprint density at radius 1 is 0.794 bits per heavy atom. The number of hydrogen-bond acceptors (Lipinski definition) is 4. The molecule has 0 saturated carbocycles. The molecule has 1 aliphatic heterocycles. The number of ether oxygens (including phenoxy) is 1. The number of hydrogen-bond donors (Lipinski definition) is 0. The summed E-state index contributed by atoms with van der Waals surface area (Å²) in [5, 5.41) is 9.13. The number of nitrogens with zero attached hydrogens (tertiary/aromatic N) is 3. The summed E-state index contributed by atoms with van der Waals surface area (Å²) in [6.45, 7) is 8.58. The summed E-state index contributed by atoms with van der Waals surface area (Å²) >= 11 is 0. The summed E-state index contributed by atoms with van der Waals surface area (Å²) in [5.74, 6) is 0. The van der Waals surface area contributed by atoms with Gasteiger partial charge < -0.3 is 9.64 Å². The topological polar surface area (TPSA) is 39.5 Å². The highest BCUT2D eigenvalue weighted by Gasteiger charge is 2.37. The number of nitriles is 1. The maximum Gasteiger partial charge on any atom is 0.143 e. The number of rotatable bonds is 9. The van der Waals surface area contributed by atoms with Gasteiger partial charge in [0.1, 0.15) is 5.60 Å². The smallest absolute Gasteiger partial charge is 0.143 e. The molecule has 3 aromatic carbocycles. The maximum absolute atomic E-state index is 9.13. The van der Waals surface area contributed by atoms with E-state index < -0.39 is 5.60 Å². The minimum absolute atomic E-state index is 0.390. The van der Waals surface area contributed by atoms with Crippen molar-refractivity contribution < 1.29 is 4.74 Å². The zero-order valence-electron chi connectivity index (χ0n) is 20.3. The Morgan fingerprint density at radius 3 is 1.65 bits per heavy atom. The van der Waals surface area contributed by atoms with Gasteiger partial charge in [0, 0.05) is 38.3 Å². The Labute approximate surface area is 204 Å². The van der Waals surface area contributed by atoms with E-state index in [1.54, 1.807) is 0 Å². The SMILES string of the molecule is C[C@@H]1CN(CCCOC(c2ccccc2)(c2ccccc2)c2ccccc2)C[C@H](C)N1CC#N. The van der Waals surface area contributed by atoms with Crippen LogP contribution in [0.25, 0.3) is 0 Å². The van der Waals surface area contributed by atoms with Crippen LogP contribution in [0.1, 0.15) is 37.0 Å². The Kier molecular flexibility index (Phi) is 8.13. The van der Waals surface area contributed by atoms with Crippen molar-refractivity contribution in [3.05, 3.63) is 108 Å². The molecule has 4 rings (SSSR count). The average Bonchev–Trinajstić information content (AvgIpc) is 2.88. The molecule has 0 aromatic heterocycles. The van der Waals surface area contributed by atoms with Gasteiger partial charge in [0.15, 0.2) is 0 Å².